The molecule has 11 heteroatoms. The van der Waals surface area contributed by atoms with Crippen LogP contribution in [0.5, 0.6) is 0 Å². The summed E-state index contributed by atoms with van der Waals surface area (Å²) in [4.78, 5) is 78.3. The van der Waals surface area contributed by atoms with E-state index in [1.165, 1.54) is 18.2 Å². The maximum absolute atomic E-state index is 12.7. The number of benzene rings is 1. The van der Waals surface area contributed by atoms with Crippen LogP contribution in [0.3, 0.4) is 0 Å². The third-order valence-corrected chi connectivity index (χ3v) is 4.37. The summed E-state index contributed by atoms with van der Waals surface area (Å²) >= 11 is 0. The van der Waals surface area contributed by atoms with E-state index in [0.29, 0.717) is 11.0 Å². The molecule has 3 rings (SSSR count). The second kappa shape index (κ2) is 7.54. The van der Waals surface area contributed by atoms with Crippen LogP contribution in [0.1, 0.15) is 33.6 Å². The standard InChI is InChI=1S/C18H15N3O8/c1-28-13(23)7-8-14(24)29-21-12(22)6-5-11(17(21)26)20-16(25)9-3-2-4-10(19)15(9)18(20)27/h2-4,7-8,11H,5-6,19H2,1H3/b8-7-. The number of rotatable bonds is 4. The Kier molecular flexibility index (Phi) is 5.13. The lowest BCUT2D eigenvalue weighted by atomic mass is 10.0. The monoisotopic (exact) mass is 401 g/mol. The van der Waals surface area contributed by atoms with Crippen molar-refractivity contribution in [1.29, 1.82) is 0 Å². The number of carbonyl (C=O) groups excluding carboxylic acids is 6. The van der Waals surface area contributed by atoms with Gasteiger partial charge in [-0.15, -0.1) is 5.06 Å². The van der Waals surface area contributed by atoms with Gasteiger partial charge in [0, 0.05) is 24.3 Å². The van der Waals surface area contributed by atoms with Crippen LogP contribution in [-0.4, -0.2) is 58.7 Å². The molecule has 0 radical (unpaired) electrons. The summed E-state index contributed by atoms with van der Waals surface area (Å²) in [5.41, 5.74) is 5.88. The fourth-order valence-electron chi connectivity index (χ4n) is 3.02. The second-order valence-electron chi connectivity index (χ2n) is 6.10. The molecule has 0 aliphatic carbocycles. The fraction of sp³-hybridized carbons (Fsp3) is 0.222. The van der Waals surface area contributed by atoms with E-state index >= 15 is 0 Å². The van der Waals surface area contributed by atoms with Crippen molar-refractivity contribution in [2.75, 3.05) is 12.8 Å². The highest BCUT2D eigenvalue weighted by atomic mass is 16.7. The minimum Gasteiger partial charge on any atom is -0.466 e. The molecule has 0 aromatic heterocycles. The molecule has 0 saturated carbocycles. The zero-order valence-corrected chi connectivity index (χ0v) is 15.1. The molecule has 0 spiro atoms. The number of piperidine rings is 1. The molecule has 1 saturated heterocycles. The van der Waals surface area contributed by atoms with Crippen LogP contribution >= 0.6 is 0 Å². The summed E-state index contributed by atoms with van der Waals surface area (Å²) in [5.74, 6) is -5.44. The Balaban J connectivity index is 1.82. The van der Waals surface area contributed by atoms with Gasteiger partial charge in [0.2, 0.25) is 0 Å². The van der Waals surface area contributed by atoms with Gasteiger partial charge in [-0.05, 0) is 18.6 Å². The van der Waals surface area contributed by atoms with Crippen LogP contribution < -0.4 is 5.73 Å². The van der Waals surface area contributed by atoms with Crippen molar-refractivity contribution < 1.29 is 38.3 Å². The molecule has 2 aliphatic heterocycles. The van der Waals surface area contributed by atoms with Gasteiger partial charge in [-0.25, -0.2) is 9.59 Å². The predicted molar refractivity (Wildman–Crippen MR) is 93.5 cm³/mol. The van der Waals surface area contributed by atoms with Crippen LogP contribution in [0, 0.1) is 0 Å². The van der Waals surface area contributed by atoms with Crippen molar-refractivity contribution in [3.05, 3.63) is 41.5 Å². The molecule has 150 valence electrons. The number of esters is 1. The smallest absolute Gasteiger partial charge is 0.357 e. The number of nitrogens with zero attached hydrogens (tertiary/aromatic N) is 2. The van der Waals surface area contributed by atoms with E-state index in [2.05, 4.69) is 4.74 Å². The zero-order valence-electron chi connectivity index (χ0n) is 15.1. The number of hydrogen-bond donors (Lipinski definition) is 1. The van der Waals surface area contributed by atoms with E-state index in [-0.39, 0.29) is 34.7 Å². The molecule has 1 aromatic carbocycles. The predicted octanol–water partition coefficient (Wildman–Crippen LogP) is -0.430. The summed E-state index contributed by atoms with van der Waals surface area (Å²) in [6.07, 6.45) is 1.02. The first-order valence-corrected chi connectivity index (χ1v) is 8.37. The summed E-state index contributed by atoms with van der Waals surface area (Å²) in [7, 11) is 1.09. The molecule has 2 heterocycles. The largest absolute Gasteiger partial charge is 0.466 e. The number of hydroxylamine groups is 2. The van der Waals surface area contributed by atoms with E-state index < -0.39 is 41.6 Å². The lowest BCUT2D eigenvalue weighted by Gasteiger charge is -2.32. The summed E-state index contributed by atoms with van der Waals surface area (Å²) < 4.78 is 4.31. The van der Waals surface area contributed by atoms with Crippen LogP contribution in [-0.2, 0) is 28.8 Å². The summed E-state index contributed by atoms with van der Waals surface area (Å²) in [6.45, 7) is 0. The molecule has 11 nitrogen and oxygen atoms in total. The zero-order chi connectivity index (χ0) is 21.3. The Labute approximate surface area is 163 Å². The normalized spacial score (nSPS) is 19.0. The Morgan fingerprint density at radius 2 is 1.79 bits per heavy atom. The van der Waals surface area contributed by atoms with E-state index in [4.69, 9.17) is 10.6 Å². The SMILES string of the molecule is COC(=O)/C=C\C(=O)ON1C(=O)CCC(N2C(=O)c3cccc(N)c3C2=O)C1=O. The average Bonchev–Trinajstić information content (AvgIpc) is 2.95. The van der Waals surface area contributed by atoms with E-state index in [9.17, 15) is 28.8 Å². The first kappa shape index (κ1) is 19.7. The molecule has 0 bridgehead atoms. The van der Waals surface area contributed by atoms with Gasteiger partial charge < -0.3 is 15.3 Å². The fourth-order valence-corrected chi connectivity index (χ4v) is 3.02. The quantitative estimate of drug-likeness (QED) is 0.306. The Morgan fingerprint density at radius 3 is 2.45 bits per heavy atom. The highest BCUT2D eigenvalue weighted by Gasteiger charge is 2.48. The number of fused-ring (bicyclic) bond motifs is 1. The lowest BCUT2D eigenvalue weighted by Crippen LogP contribution is -2.56. The summed E-state index contributed by atoms with van der Waals surface area (Å²) in [5, 5.41) is 0.186. The molecule has 2 aliphatic rings. The number of nitrogens with two attached hydrogens (primary N) is 1. The van der Waals surface area contributed by atoms with Crippen LogP contribution in [0.15, 0.2) is 30.4 Å². The molecule has 1 atom stereocenters. The number of imide groups is 2. The Hall–Kier alpha value is -4.02. The molecule has 2 N–H and O–H groups in total. The van der Waals surface area contributed by atoms with Gasteiger partial charge in [0.1, 0.15) is 6.04 Å². The van der Waals surface area contributed by atoms with Gasteiger partial charge in [-0.2, -0.15) is 0 Å². The van der Waals surface area contributed by atoms with Gasteiger partial charge in [0.15, 0.2) is 0 Å². The molecule has 1 unspecified atom stereocenters. The van der Waals surface area contributed by atoms with Crippen molar-refractivity contribution in [3.8, 4) is 0 Å². The average molecular weight is 401 g/mol. The number of anilines is 1. The van der Waals surface area contributed by atoms with Crippen molar-refractivity contribution in [3.63, 3.8) is 0 Å². The molecular formula is C18H15N3O8. The number of carbonyl (C=O) groups is 6. The van der Waals surface area contributed by atoms with Crippen molar-refractivity contribution in [2.24, 2.45) is 0 Å². The van der Waals surface area contributed by atoms with Crippen LogP contribution in [0.2, 0.25) is 0 Å². The number of ether oxygens (including phenoxy) is 1. The molecular weight excluding hydrogens is 386 g/mol. The van der Waals surface area contributed by atoms with E-state index in [1.807, 2.05) is 0 Å². The van der Waals surface area contributed by atoms with E-state index in [0.717, 1.165) is 13.2 Å². The van der Waals surface area contributed by atoms with Crippen molar-refractivity contribution >= 4 is 41.3 Å². The van der Waals surface area contributed by atoms with Crippen molar-refractivity contribution in [1.82, 2.24) is 9.96 Å². The van der Waals surface area contributed by atoms with Gasteiger partial charge >= 0.3 is 11.9 Å². The second-order valence-corrected chi connectivity index (χ2v) is 6.10. The van der Waals surface area contributed by atoms with Gasteiger partial charge in [0.25, 0.3) is 23.6 Å². The minimum absolute atomic E-state index is 0.0215. The Morgan fingerprint density at radius 1 is 1.10 bits per heavy atom. The number of nitrogen functional groups attached to an aromatic ring is 1. The first-order valence-electron chi connectivity index (χ1n) is 8.37. The maximum atomic E-state index is 12.7. The molecule has 4 amide bonds. The molecule has 1 fully saturated rings. The summed E-state index contributed by atoms with van der Waals surface area (Å²) in [6, 6.07) is 3.00. The third kappa shape index (κ3) is 3.45. The van der Waals surface area contributed by atoms with Gasteiger partial charge in [-0.1, -0.05) is 6.07 Å². The van der Waals surface area contributed by atoms with Crippen LogP contribution in [0.25, 0.3) is 0 Å². The Bertz CT molecular complexity index is 983. The lowest BCUT2D eigenvalue weighted by molar-refractivity contribution is -0.204. The van der Waals surface area contributed by atoms with Gasteiger partial charge in [-0.3, -0.25) is 24.1 Å². The van der Waals surface area contributed by atoms with Gasteiger partial charge in [0.05, 0.1) is 18.2 Å². The van der Waals surface area contributed by atoms with E-state index in [1.54, 1.807) is 0 Å². The first-order chi connectivity index (χ1) is 13.8. The third-order valence-electron chi connectivity index (χ3n) is 4.37. The molecule has 29 heavy (non-hydrogen) atoms. The number of hydrogen-bond acceptors (Lipinski definition) is 9. The number of methoxy groups -OCH3 is 1. The minimum atomic E-state index is -1.35. The highest BCUT2D eigenvalue weighted by Crippen LogP contribution is 2.32. The molecule has 1 aromatic rings. The number of amides is 4. The topological polar surface area (TPSA) is 153 Å². The maximum Gasteiger partial charge on any atom is 0.357 e. The highest BCUT2D eigenvalue weighted by molar-refractivity contribution is 6.25. The van der Waals surface area contributed by atoms with Crippen molar-refractivity contribution in [2.45, 2.75) is 18.9 Å². The van der Waals surface area contributed by atoms with Crippen LogP contribution in [0.4, 0.5) is 5.69 Å².